The SMILES string of the molecule is CC=CC(=O)OCCCCCCCCCCC[Si](Br)(Br)Br. The van der Waals surface area contributed by atoms with E-state index in [2.05, 4.69) is 45.9 Å². The molecule has 0 saturated heterocycles. The van der Waals surface area contributed by atoms with Crippen LogP contribution in [0, 0.1) is 0 Å². The Balaban J connectivity index is 3.14. The van der Waals surface area contributed by atoms with Crippen LogP contribution in [0.3, 0.4) is 0 Å². The number of carbonyl (C=O) groups is 1. The fourth-order valence-electron chi connectivity index (χ4n) is 2.02. The van der Waals surface area contributed by atoms with E-state index in [1.54, 1.807) is 6.08 Å². The zero-order valence-corrected chi connectivity index (χ0v) is 18.6. The van der Waals surface area contributed by atoms with Gasteiger partial charge in [-0.15, -0.1) is 0 Å². The molecular weight excluding hydrogens is 480 g/mol. The second-order valence-corrected chi connectivity index (χ2v) is 28.7. The van der Waals surface area contributed by atoms with E-state index in [1.807, 2.05) is 6.92 Å². The molecule has 0 aliphatic heterocycles. The first kappa shape index (κ1) is 21.9. The number of hydrogen-bond donors (Lipinski definition) is 0. The molecule has 0 unspecified atom stereocenters. The van der Waals surface area contributed by atoms with Crippen LogP contribution >= 0.6 is 45.9 Å². The summed E-state index contributed by atoms with van der Waals surface area (Å²) in [5, 5.41) is 0. The molecule has 0 bridgehead atoms. The van der Waals surface area contributed by atoms with Gasteiger partial charge in [-0.1, -0.05) is 103 Å². The Kier molecular flexibility index (Phi) is 15.1. The van der Waals surface area contributed by atoms with Crippen LogP contribution in [-0.4, -0.2) is 16.5 Å². The summed E-state index contributed by atoms with van der Waals surface area (Å²) in [7, 11) is 0. The van der Waals surface area contributed by atoms with Gasteiger partial charge in [0.2, 0.25) is 0 Å². The third-order valence-corrected chi connectivity index (χ3v) is 7.64. The van der Waals surface area contributed by atoms with Gasteiger partial charge in [-0.2, -0.15) is 0 Å². The number of carbonyl (C=O) groups excluding carboxylic acids is 1. The molecule has 0 aliphatic rings. The molecule has 0 aromatic heterocycles. The number of esters is 1. The van der Waals surface area contributed by atoms with E-state index in [0.717, 1.165) is 12.8 Å². The number of allylic oxidation sites excluding steroid dienone is 1. The van der Waals surface area contributed by atoms with Crippen molar-refractivity contribution in [1.29, 1.82) is 0 Å². The third-order valence-electron chi connectivity index (χ3n) is 3.15. The monoisotopic (exact) mass is 504 g/mol. The molecule has 2 nitrogen and oxygen atoms in total. The van der Waals surface area contributed by atoms with Crippen LogP contribution in [0.5, 0.6) is 0 Å². The zero-order valence-electron chi connectivity index (χ0n) is 12.9. The van der Waals surface area contributed by atoms with Crippen molar-refractivity contribution in [3.8, 4) is 0 Å². The largest absolute Gasteiger partial charge is 0.463 e. The summed E-state index contributed by atoms with van der Waals surface area (Å²) in [6.07, 6.45) is 14.5. The predicted molar refractivity (Wildman–Crippen MR) is 105 cm³/mol. The molecule has 0 aliphatic carbocycles. The minimum Gasteiger partial charge on any atom is -0.463 e. The van der Waals surface area contributed by atoms with Gasteiger partial charge in [0.05, 0.1) is 6.61 Å². The zero-order chi connectivity index (χ0) is 16.0. The highest BCUT2D eigenvalue weighted by atomic mass is 80.0. The molecule has 0 fully saturated rings. The standard InChI is InChI=1S/C15H27Br3O2Si/c1-2-12-15(19)20-13-10-8-6-4-3-5-7-9-11-14-21(16,17)18/h2,12H,3-11,13-14H2,1H3. The lowest BCUT2D eigenvalue weighted by molar-refractivity contribution is -0.137. The first-order chi connectivity index (χ1) is 9.95. The summed E-state index contributed by atoms with van der Waals surface area (Å²) >= 11 is 11.0. The molecule has 0 aromatic carbocycles. The average Bonchev–Trinajstić information content (AvgIpc) is 2.39. The van der Waals surface area contributed by atoms with Crippen LogP contribution in [0.2, 0.25) is 6.04 Å². The molecule has 0 atom stereocenters. The van der Waals surface area contributed by atoms with E-state index in [9.17, 15) is 4.79 Å². The summed E-state index contributed by atoms with van der Waals surface area (Å²) in [5.74, 6) is -0.222. The molecule has 124 valence electrons. The van der Waals surface area contributed by atoms with Gasteiger partial charge < -0.3 is 4.74 Å². The van der Waals surface area contributed by atoms with Crippen molar-refractivity contribution in [1.82, 2.24) is 0 Å². The molecule has 0 heterocycles. The molecule has 0 amide bonds. The number of halogens is 3. The van der Waals surface area contributed by atoms with Gasteiger partial charge in [-0.05, 0) is 19.4 Å². The summed E-state index contributed by atoms with van der Waals surface area (Å²) in [6, 6.07) is 1.24. The fraction of sp³-hybridized carbons (Fsp3) is 0.800. The van der Waals surface area contributed by atoms with E-state index in [-0.39, 0.29) is 5.97 Å². The maximum atomic E-state index is 11.0. The van der Waals surface area contributed by atoms with Crippen molar-refractivity contribution in [2.24, 2.45) is 0 Å². The Hall–Kier alpha value is 0.867. The van der Waals surface area contributed by atoms with Gasteiger partial charge in [-0.3, -0.25) is 0 Å². The van der Waals surface area contributed by atoms with Crippen LogP contribution in [0.25, 0.3) is 0 Å². The molecule has 21 heavy (non-hydrogen) atoms. The van der Waals surface area contributed by atoms with E-state index < -0.39 is 3.93 Å². The average molecular weight is 507 g/mol. The van der Waals surface area contributed by atoms with Crippen molar-refractivity contribution in [3.63, 3.8) is 0 Å². The van der Waals surface area contributed by atoms with Gasteiger partial charge in [0.25, 0.3) is 3.93 Å². The second kappa shape index (κ2) is 14.5. The lowest BCUT2D eigenvalue weighted by Crippen LogP contribution is -2.04. The molecule has 0 radical (unpaired) electrons. The van der Waals surface area contributed by atoms with Crippen molar-refractivity contribution >= 4 is 55.8 Å². The molecule has 0 N–H and O–H groups in total. The Labute approximate surface area is 154 Å². The van der Waals surface area contributed by atoms with Crippen molar-refractivity contribution in [2.75, 3.05) is 6.61 Å². The third kappa shape index (κ3) is 18.8. The maximum Gasteiger partial charge on any atom is 0.330 e. The van der Waals surface area contributed by atoms with E-state index in [4.69, 9.17) is 4.74 Å². The summed E-state index contributed by atoms with van der Waals surface area (Å²) < 4.78 is 3.68. The van der Waals surface area contributed by atoms with Crippen molar-refractivity contribution < 1.29 is 9.53 Å². The molecule has 0 rings (SSSR count). The summed E-state index contributed by atoms with van der Waals surface area (Å²) in [6.45, 7) is 2.37. The molecule has 0 saturated carbocycles. The van der Waals surface area contributed by atoms with E-state index in [1.165, 1.54) is 57.1 Å². The Morgan fingerprint density at radius 1 is 0.905 bits per heavy atom. The van der Waals surface area contributed by atoms with Gasteiger partial charge >= 0.3 is 5.97 Å². The van der Waals surface area contributed by atoms with Crippen LogP contribution in [-0.2, 0) is 9.53 Å². The Morgan fingerprint density at radius 2 is 1.38 bits per heavy atom. The van der Waals surface area contributed by atoms with Crippen LogP contribution in [0.15, 0.2) is 12.2 Å². The lowest BCUT2D eigenvalue weighted by Gasteiger charge is -2.08. The fourth-order valence-corrected chi connectivity index (χ4v) is 5.20. The van der Waals surface area contributed by atoms with Crippen LogP contribution in [0.1, 0.15) is 64.7 Å². The minimum atomic E-state index is -1.37. The maximum absolute atomic E-state index is 11.0. The van der Waals surface area contributed by atoms with Crippen LogP contribution in [0.4, 0.5) is 0 Å². The van der Waals surface area contributed by atoms with Gasteiger partial charge in [0.15, 0.2) is 0 Å². The Bertz CT molecular complexity index is 291. The summed E-state index contributed by atoms with van der Waals surface area (Å²) in [4.78, 5) is 11.0. The smallest absolute Gasteiger partial charge is 0.330 e. The highest BCUT2D eigenvalue weighted by Gasteiger charge is 2.20. The minimum absolute atomic E-state index is 0.222. The number of unbranched alkanes of at least 4 members (excludes halogenated alkanes) is 8. The van der Waals surface area contributed by atoms with E-state index in [0.29, 0.717) is 6.61 Å². The van der Waals surface area contributed by atoms with E-state index >= 15 is 0 Å². The highest BCUT2D eigenvalue weighted by molar-refractivity contribution is 9.72. The number of rotatable bonds is 13. The van der Waals surface area contributed by atoms with Gasteiger partial charge in [0.1, 0.15) is 0 Å². The molecule has 6 heteroatoms. The highest BCUT2D eigenvalue weighted by Crippen LogP contribution is 2.33. The number of hydrogen-bond acceptors (Lipinski definition) is 2. The second-order valence-electron chi connectivity index (χ2n) is 5.21. The summed E-state index contributed by atoms with van der Waals surface area (Å²) in [5.41, 5.74) is 0. The van der Waals surface area contributed by atoms with Crippen molar-refractivity contribution in [2.45, 2.75) is 70.8 Å². The van der Waals surface area contributed by atoms with Gasteiger partial charge in [-0.25, -0.2) is 4.79 Å². The quantitative estimate of drug-likeness (QED) is 0.0908. The lowest BCUT2D eigenvalue weighted by atomic mass is 10.1. The van der Waals surface area contributed by atoms with Crippen LogP contribution < -0.4 is 0 Å². The first-order valence-electron chi connectivity index (χ1n) is 7.82. The molecule has 0 aromatic rings. The molecule has 0 spiro atoms. The topological polar surface area (TPSA) is 26.3 Å². The normalized spacial score (nSPS) is 12.0. The Morgan fingerprint density at radius 3 is 1.86 bits per heavy atom. The van der Waals surface area contributed by atoms with Crippen molar-refractivity contribution in [3.05, 3.63) is 12.2 Å². The first-order valence-corrected chi connectivity index (χ1v) is 16.8. The number of ether oxygens (including phenoxy) is 1. The predicted octanol–water partition coefficient (Wildman–Crippen LogP) is 6.74. The molecular formula is C15H27Br3O2Si. The van der Waals surface area contributed by atoms with Gasteiger partial charge in [0, 0.05) is 6.08 Å².